The van der Waals surface area contributed by atoms with E-state index in [0.29, 0.717) is 19.3 Å². The molecule has 0 bridgehead atoms. The summed E-state index contributed by atoms with van der Waals surface area (Å²) in [6, 6.07) is 0.303. The van der Waals surface area contributed by atoms with Crippen LogP contribution in [0.3, 0.4) is 0 Å². The summed E-state index contributed by atoms with van der Waals surface area (Å²) in [5, 5.41) is 3.40. The molecule has 0 radical (unpaired) electrons. The van der Waals surface area contributed by atoms with E-state index in [0.717, 1.165) is 25.4 Å². The largest absolute Gasteiger partial charge is 0.378 e. The van der Waals surface area contributed by atoms with E-state index in [1.54, 1.807) is 0 Å². The van der Waals surface area contributed by atoms with Crippen LogP contribution in [-0.2, 0) is 9.53 Å². The number of hydrogen-bond donors (Lipinski definition) is 1. The van der Waals surface area contributed by atoms with Crippen molar-refractivity contribution in [3.05, 3.63) is 0 Å². The van der Waals surface area contributed by atoms with Crippen molar-refractivity contribution in [2.24, 2.45) is 5.92 Å². The fourth-order valence-corrected chi connectivity index (χ4v) is 2.22. The van der Waals surface area contributed by atoms with Gasteiger partial charge in [0.15, 0.2) is 0 Å². The maximum absolute atomic E-state index is 12.2. The second-order valence-corrected chi connectivity index (χ2v) is 5.70. The molecule has 1 saturated heterocycles. The lowest BCUT2D eigenvalue weighted by molar-refractivity contribution is -0.137. The molecule has 0 saturated carbocycles. The van der Waals surface area contributed by atoms with E-state index in [1.807, 2.05) is 11.8 Å². The molecule has 1 aliphatic heterocycles. The van der Waals surface area contributed by atoms with Crippen LogP contribution in [0.25, 0.3) is 0 Å². The number of rotatable bonds is 6. The molecule has 1 N–H and O–H groups in total. The van der Waals surface area contributed by atoms with Crippen molar-refractivity contribution in [1.82, 2.24) is 10.2 Å². The monoisotopic (exact) mass is 256 g/mol. The van der Waals surface area contributed by atoms with Crippen LogP contribution in [0.2, 0.25) is 0 Å². The Morgan fingerprint density at radius 3 is 2.33 bits per heavy atom. The first-order chi connectivity index (χ1) is 8.50. The molecule has 1 fully saturated rings. The Balaban J connectivity index is 2.29. The molecule has 0 aromatic rings. The topological polar surface area (TPSA) is 41.6 Å². The van der Waals surface area contributed by atoms with Crippen LogP contribution >= 0.6 is 0 Å². The minimum Gasteiger partial charge on any atom is -0.378 e. The van der Waals surface area contributed by atoms with Crippen LogP contribution in [0.1, 0.15) is 40.5 Å². The molecule has 1 amide bonds. The molecule has 0 aromatic carbocycles. The van der Waals surface area contributed by atoms with Crippen molar-refractivity contribution in [2.45, 2.75) is 52.6 Å². The van der Waals surface area contributed by atoms with E-state index in [4.69, 9.17) is 4.74 Å². The van der Waals surface area contributed by atoms with Gasteiger partial charge >= 0.3 is 0 Å². The number of carbonyl (C=O) groups excluding carboxylic acids is 1. The Morgan fingerprint density at radius 2 is 1.78 bits per heavy atom. The van der Waals surface area contributed by atoms with E-state index < -0.39 is 0 Å². The predicted molar refractivity (Wildman–Crippen MR) is 73.5 cm³/mol. The fourth-order valence-electron chi connectivity index (χ4n) is 2.22. The Hall–Kier alpha value is -0.610. The number of carbonyl (C=O) groups is 1. The summed E-state index contributed by atoms with van der Waals surface area (Å²) in [5.41, 5.74) is 0. The molecule has 4 nitrogen and oxygen atoms in total. The van der Waals surface area contributed by atoms with E-state index >= 15 is 0 Å². The first-order valence-corrected chi connectivity index (χ1v) is 7.13. The number of ether oxygens (including phenoxy) is 1. The highest BCUT2D eigenvalue weighted by atomic mass is 16.5. The molecule has 1 heterocycles. The van der Waals surface area contributed by atoms with Gasteiger partial charge in [0.2, 0.25) is 5.91 Å². The Bertz CT molecular complexity index is 250. The van der Waals surface area contributed by atoms with E-state index in [9.17, 15) is 4.79 Å². The van der Waals surface area contributed by atoms with Crippen LogP contribution in [0, 0.1) is 5.92 Å². The van der Waals surface area contributed by atoms with Crippen LogP contribution in [-0.4, -0.2) is 49.2 Å². The third kappa shape index (κ3) is 5.36. The van der Waals surface area contributed by atoms with Crippen molar-refractivity contribution in [3.63, 3.8) is 0 Å². The summed E-state index contributed by atoms with van der Waals surface area (Å²) in [5.74, 6) is 0.925. The lowest BCUT2D eigenvalue weighted by Crippen LogP contribution is -2.51. The second-order valence-electron chi connectivity index (χ2n) is 5.70. The fraction of sp³-hybridized carbons (Fsp3) is 0.929. The number of nitrogens with zero attached hydrogens (tertiary/aromatic N) is 1. The number of morpholine rings is 1. The van der Waals surface area contributed by atoms with Crippen molar-refractivity contribution < 1.29 is 9.53 Å². The summed E-state index contributed by atoms with van der Waals surface area (Å²) >= 11 is 0. The third-order valence-corrected chi connectivity index (χ3v) is 3.40. The van der Waals surface area contributed by atoms with Crippen LogP contribution in [0.4, 0.5) is 0 Å². The third-order valence-electron chi connectivity index (χ3n) is 3.40. The van der Waals surface area contributed by atoms with Crippen LogP contribution in [0.5, 0.6) is 0 Å². The molecule has 18 heavy (non-hydrogen) atoms. The molecule has 2 atom stereocenters. The molecular weight excluding hydrogens is 228 g/mol. The number of hydrogen-bond acceptors (Lipinski definition) is 3. The van der Waals surface area contributed by atoms with Gasteiger partial charge < -0.3 is 15.0 Å². The predicted octanol–water partition coefficient (Wildman–Crippen LogP) is 1.65. The summed E-state index contributed by atoms with van der Waals surface area (Å²) < 4.78 is 5.26. The lowest BCUT2D eigenvalue weighted by Gasteiger charge is -2.30. The van der Waals surface area contributed by atoms with Gasteiger partial charge in [-0.2, -0.15) is 0 Å². The first kappa shape index (κ1) is 15.4. The summed E-state index contributed by atoms with van der Waals surface area (Å²) in [7, 11) is 0. The Labute approximate surface area is 111 Å². The van der Waals surface area contributed by atoms with Gasteiger partial charge in [0.25, 0.3) is 0 Å². The summed E-state index contributed by atoms with van der Waals surface area (Å²) in [6.45, 7) is 11.4. The Morgan fingerprint density at radius 1 is 1.17 bits per heavy atom. The molecule has 2 unspecified atom stereocenters. The average molecular weight is 256 g/mol. The highest BCUT2D eigenvalue weighted by molar-refractivity contribution is 5.81. The maximum Gasteiger partial charge on any atom is 0.239 e. The number of nitrogens with one attached hydrogen (secondary N) is 1. The highest BCUT2D eigenvalue weighted by Gasteiger charge is 2.23. The van der Waals surface area contributed by atoms with Crippen molar-refractivity contribution in [1.29, 1.82) is 0 Å². The molecule has 0 spiro atoms. The van der Waals surface area contributed by atoms with Gasteiger partial charge in [-0.1, -0.05) is 13.8 Å². The minimum atomic E-state index is -0.0923. The quantitative estimate of drug-likeness (QED) is 0.785. The van der Waals surface area contributed by atoms with E-state index in [-0.39, 0.29) is 11.9 Å². The molecular formula is C14H28N2O2. The van der Waals surface area contributed by atoms with Gasteiger partial charge in [-0.15, -0.1) is 0 Å². The normalized spacial score (nSPS) is 19.9. The van der Waals surface area contributed by atoms with Crippen LogP contribution < -0.4 is 5.32 Å². The van der Waals surface area contributed by atoms with Gasteiger partial charge in [0.05, 0.1) is 19.3 Å². The van der Waals surface area contributed by atoms with E-state index in [1.165, 1.54) is 6.42 Å². The van der Waals surface area contributed by atoms with Gasteiger partial charge in [-0.3, -0.25) is 4.79 Å². The summed E-state index contributed by atoms with van der Waals surface area (Å²) in [4.78, 5) is 14.1. The molecule has 4 heteroatoms. The second kappa shape index (κ2) is 7.74. The molecule has 0 aliphatic carbocycles. The zero-order valence-electron chi connectivity index (χ0n) is 12.2. The lowest BCUT2D eigenvalue weighted by atomic mass is 10.0. The zero-order valence-corrected chi connectivity index (χ0v) is 12.2. The SMILES string of the molecule is CC(C)CCC(C)NC(C)C(=O)N1CCOCC1. The van der Waals surface area contributed by atoms with Gasteiger partial charge in [0.1, 0.15) is 0 Å². The maximum atomic E-state index is 12.2. The van der Waals surface area contributed by atoms with Crippen LogP contribution in [0.15, 0.2) is 0 Å². The number of amides is 1. The van der Waals surface area contributed by atoms with Crippen molar-refractivity contribution in [2.75, 3.05) is 26.3 Å². The summed E-state index contributed by atoms with van der Waals surface area (Å²) in [6.07, 6.45) is 2.32. The van der Waals surface area contributed by atoms with Gasteiger partial charge in [0, 0.05) is 19.1 Å². The Kier molecular flexibility index (Phi) is 6.65. The standard InChI is InChI=1S/C14H28N2O2/c1-11(2)5-6-12(3)15-13(4)14(17)16-7-9-18-10-8-16/h11-13,15H,5-10H2,1-4H3. The molecule has 1 aliphatic rings. The first-order valence-electron chi connectivity index (χ1n) is 7.13. The van der Waals surface area contributed by atoms with Gasteiger partial charge in [-0.05, 0) is 32.6 Å². The molecule has 1 rings (SSSR count). The average Bonchev–Trinajstić information content (AvgIpc) is 2.36. The van der Waals surface area contributed by atoms with Crippen molar-refractivity contribution >= 4 is 5.91 Å². The zero-order chi connectivity index (χ0) is 13.5. The molecule has 106 valence electrons. The minimum absolute atomic E-state index is 0.0923. The molecule has 0 aromatic heterocycles. The van der Waals surface area contributed by atoms with Gasteiger partial charge in [-0.25, -0.2) is 0 Å². The van der Waals surface area contributed by atoms with E-state index in [2.05, 4.69) is 26.1 Å². The smallest absolute Gasteiger partial charge is 0.239 e. The van der Waals surface area contributed by atoms with Crippen molar-refractivity contribution in [3.8, 4) is 0 Å². The highest BCUT2D eigenvalue weighted by Crippen LogP contribution is 2.08.